The summed E-state index contributed by atoms with van der Waals surface area (Å²) < 4.78 is 32.3. The number of likely N-dealkylation sites (N-methyl/N-ethyl adjacent to an activating group) is 1. The Balaban J connectivity index is 1.92. The summed E-state index contributed by atoms with van der Waals surface area (Å²) in [6.45, 7) is 1.15. The van der Waals surface area contributed by atoms with E-state index >= 15 is 0 Å². The van der Waals surface area contributed by atoms with Crippen molar-refractivity contribution in [2.45, 2.75) is 25.9 Å². The van der Waals surface area contributed by atoms with Gasteiger partial charge in [-0.2, -0.15) is 0 Å². The molecule has 8 nitrogen and oxygen atoms in total. The molecule has 3 aromatic carbocycles. The van der Waals surface area contributed by atoms with Gasteiger partial charge in [0.1, 0.15) is 24.1 Å². The fourth-order valence-electron chi connectivity index (χ4n) is 3.86. The van der Waals surface area contributed by atoms with E-state index in [1.807, 2.05) is 18.2 Å². The Hall–Kier alpha value is -3.27. The van der Waals surface area contributed by atoms with Gasteiger partial charge in [0.05, 0.1) is 11.9 Å². The van der Waals surface area contributed by atoms with Gasteiger partial charge in [-0.25, -0.2) is 8.42 Å². The lowest BCUT2D eigenvalue weighted by molar-refractivity contribution is -0.140. The lowest BCUT2D eigenvalue weighted by Crippen LogP contribution is -2.51. The molecule has 0 aromatic heterocycles. The first kappa shape index (κ1) is 29.3. The highest BCUT2D eigenvalue weighted by atomic mass is 35.5. The van der Waals surface area contributed by atoms with E-state index in [9.17, 15) is 18.0 Å². The van der Waals surface area contributed by atoms with Gasteiger partial charge in [-0.1, -0.05) is 54.4 Å². The molecular weight excluding hydrogens is 549 g/mol. The molecular formula is C27H29Cl2N3O5S. The number of benzene rings is 3. The number of amides is 2. The largest absolute Gasteiger partial charge is 0.457 e. The number of carbonyl (C=O) groups is 2. The second kappa shape index (κ2) is 13.0. The first-order chi connectivity index (χ1) is 18.0. The molecule has 3 rings (SSSR count). The molecule has 1 N–H and O–H groups in total. The number of anilines is 1. The summed E-state index contributed by atoms with van der Waals surface area (Å²) in [5.74, 6) is 0.147. The minimum atomic E-state index is -3.87. The van der Waals surface area contributed by atoms with Crippen molar-refractivity contribution in [1.82, 2.24) is 10.2 Å². The van der Waals surface area contributed by atoms with E-state index in [0.29, 0.717) is 27.1 Å². The van der Waals surface area contributed by atoms with Crippen LogP contribution in [0.2, 0.25) is 10.0 Å². The van der Waals surface area contributed by atoms with Gasteiger partial charge in [-0.05, 0) is 55.0 Å². The monoisotopic (exact) mass is 577 g/mol. The van der Waals surface area contributed by atoms with E-state index in [4.69, 9.17) is 27.9 Å². The van der Waals surface area contributed by atoms with Crippen molar-refractivity contribution in [3.05, 3.63) is 88.4 Å². The zero-order valence-corrected chi connectivity index (χ0v) is 23.6. The van der Waals surface area contributed by atoms with Gasteiger partial charge in [-0.3, -0.25) is 13.9 Å². The van der Waals surface area contributed by atoms with E-state index in [1.165, 1.54) is 11.9 Å². The van der Waals surface area contributed by atoms with Crippen LogP contribution in [-0.4, -0.2) is 51.0 Å². The van der Waals surface area contributed by atoms with Crippen LogP contribution in [0.3, 0.4) is 0 Å². The third-order valence-electron chi connectivity index (χ3n) is 5.81. The summed E-state index contributed by atoms with van der Waals surface area (Å²) in [7, 11) is -2.40. The van der Waals surface area contributed by atoms with Crippen molar-refractivity contribution in [1.29, 1.82) is 0 Å². The molecule has 0 spiro atoms. The number of hydrogen-bond acceptors (Lipinski definition) is 5. The normalized spacial score (nSPS) is 11.9. The van der Waals surface area contributed by atoms with Crippen molar-refractivity contribution in [3.63, 3.8) is 0 Å². The highest BCUT2D eigenvalue weighted by Gasteiger charge is 2.32. The standard InChI is InChI=1S/C27H29Cl2N3O5S/c1-4-25(27(34)30-2)31(17-22-23(28)11-8-12-24(22)29)26(33)18-32(38(3,35)36)19-13-15-21(16-14-19)37-20-9-6-5-7-10-20/h5-16,25H,4,17-18H2,1-3H3,(H,30,34)/t25-/m1/s1. The zero-order valence-electron chi connectivity index (χ0n) is 21.2. The Labute approximate surface area is 233 Å². The Morgan fingerprint density at radius 3 is 2.03 bits per heavy atom. The molecule has 0 unspecified atom stereocenters. The quantitative estimate of drug-likeness (QED) is 0.342. The molecule has 0 radical (unpaired) electrons. The second-order valence-electron chi connectivity index (χ2n) is 8.44. The minimum absolute atomic E-state index is 0.0786. The molecule has 2 amide bonds. The number of hydrogen-bond donors (Lipinski definition) is 1. The van der Waals surface area contributed by atoms with Crippen molar-refractivity contribution < 1.29 is 22.7 Å². The summed E-state index contributed by atoms with van der Waals surface area (Å²) in [6, 6.07) is 19.5. The van der Waals surface area contributed by atoms with Crippen LogP contribution in [0.4, 0.5) is 5.69 Å². The molecule has 0 aliphatic heterocycles. The zero-order chi connectivity index (χ0) is 27.9. The lowest BCUT2D eigenvalue weighted by Gasteiger charge is -2.33. The summed E-state index contributed by atoms with van der Waals surface area (Å²) in [6.07, 6.45) is 1.30. The Kier molecular flexibility index (Phi) is 10.0. The van der Waals surface area contributed by atoms with Crippen LogP contribution in [-0.2, 0) is 26.2 Å². The van der Waals surface area contributed by atoms with Crippen LogP contribution < -0.4 is 14.4 Å². The summed E-state index contributed by atoms with van der Waals surface area (Å²) in [4.78, 5) is 27.6. The van der Waals surface area contributed by atoms with Crippen LogP contribution in [0, 0.1) is 0 Å². The van der Waals surface area contributed by atoms with Gasteiger partial charge in [0.15, 0.2) is 0 Å². The van der Waals surface area contributed by atoms with Crippen LogP contribution in [0.15, 0.2) is 72.8 Å². The topological polar surface area (TPSA) is 96.0 Å². The molecule has 3 aromatic rings. The molecule has 1 atom stereocenters. The third-order valence-corrected chi connectivity index (χ3v) is 7.65. The molecule has 38 heavy (non-hydrogen) atoms. The highest BCUT2D eigenvalue weighted by molar-refractivity contribution is 7.92. The van der Waals surface area contributed by atoms with Gasteiger partial charge >= 0.3 is 0 Å². The molecule has 0 saturated carbocycles. The highest BCUT2D eigenvalue weighted by Crippen LogP contribution is 2.29. The number of nitrogens with zero attached hydrogens (tertiary/aromatic N) is 2. The van der Waals surface area contributed by atoms with Gasteiger partial charge < -0.3 is 15.0 Å². The summed E-state index contributed by atoms with van der Waals surface area (Å²) in [5, 5.41) is 3.22. The third kappa shape index (κ3) is 7.40. The predicted octanol–water partition coefficient (Wildman–Crippen LogP) is 5.11. The number of halogens is 2. The minimum Gasteiger partial charge on any atom is -0.457 e. The molecule has 11 heteroatoms. The van der Waals surface area contributed by atoms with Gasteiger partial charge in [0.25, 0.3) is 0 Å². The number of nitrogens with one attached hydrogen (secondary N) is 1. The molecule has 0 heterocycles. The average molecular weight is 579 g/mol. The van der Waals surface area contributed by atoms with Crippen LogP contribution in [0.25, 0.3) is 0 Å². The molecule has 0 fully saturated rings. The van der Waals surface area contributed by atoms with E-state index < -0.39 is 34.4 Å². The van der Waals surface area contributed by atoms with Gasteiger partial charge in [-0.15, -0.1) is 0 Å². The maximum atomic E-state index is 13.7. The molecule has 202 valence electrons. The van der Waals surface area contributed by atoms with Crippen molar-refractivity contribution >= 4 is 50.7 Å². The molecule has 0 saturated heterocycles. The number of rotatable bonds is 11. The Morgan fingerprint density at radius 1 is 0.921 bits per heavy atom. The first-order valence-electron chi connectivity index (χ1n) is 11.8. The van der Waals surface area contributed by atoms with Crippen LogP contribution >= 0.6 is 23.2 Å². The van der Waals surface area contributed by atoms with Crippen LogP contribution in [0.5, 0.6) is 11.5 Å². The maximum Gasteiger partial charge on any atom is 0.244 e. The predicted molar refractivity (Wildman–Crippen MR) is 150 cm³/mol. The second-order valence-corrected chi connectivity index (χ2v) is 11.2. The van der Waals surface area contributed by atoms with Crippen molar-refractivity contribution in [2.75, 3.05) is 24.2 Å². The molecule has 0 bridgehead atoms. The van der Waals surface area contributed by atoms with Gasteiger partial charge in [0, 0.05) is 29.2 Å². The van der Waals surface area contributed by atoms with E-state index in [1.54, 1.807) is 61.5 Å². The van der Waals surface area contributed by atoms with Crippen molar-refractivity contribution in [2.24, 2.45) is 0 Å². The maximum absolute atomic E-state index is 13.7. The average Bonchev–Trinajstić information content (AvgIpc) is 2.89. The number of carbonyl (C=O) groups excluding carboxylic acids is 2. The number of sulfonamides is 1. The fourth-order valence-corrected chi connectivity index (χ4v) is 5.23. The van der Waals surface area contributed by atoms with Crippen LogP contribution in [0.1, 0.15) is 18.9 Å². The van der Waals surface area contributed by atoms with E-state index in [2.05, 4.69) is 5.32 Å². The van der Waals surface area contributed by atoms with Crippen molar-refractivity contribution in [3.8, 4) is 11.5 Å². The van der Waals surface area contributed by atoms with Gasteiger partial charge in [0.2, 0.25) is 21.8 Å². The molecule has 0 aliphatic rings. The summed E-state index contributed by atoms with van der Waals surface area (Å²) >= 11 is 12.7. The number of ether oxygens (including phenoxy) is 1. The number of para-hydroxylation sites is 1. The molecule has 0 aliphatic carbocycles. The first-order valence-corrected chi connectivity index (χ1v) is 14.4. The summed E-state index contributed by atoms with van der Waals surface area (Å²) in [5.41, 5.74) is 0.727. The lowest BCUT2D eigenvalue weighted by atomic mass is 10.1. The fraction of sp³-hybridized carbons (Fsp3) is 0.259. The Bertz CT molecular complexity index is 1350. The smallest absolute Gasteiger partial charge is 0.244 e. The SMILES string of the molecule is CC[C@H](C(=O)NC)N(Cc1c(Cl)cccc1Cl)C(=O)CN(c1ccc(Oc2ccccc2)cc1)S(C)(=O)=O. The Morgan fingerprint density at radius 2 is 1.50 bits per heavy atom. The van der Waals surface area contributed by atoms with E-state index in [0.717, 1.165) is 10.6 Å². The van der Waals surface area contributed by atoms with E-state index in [-0.39, 0.29) is 18.7 Å².